The molecule has 12 heavy (non-hydrogen) atoms. The van der Waals surface area contributed by atoms with E-state index < -0.39 is 0 Å². The van der Waals surface area contributed by atoms with Crippen LogP contribution in [0.25, 0.3) is 0 Å². The van der Waals surface area contributed by atoms with E-state index in [1.807, 2.05) is 0 Å². The third kappa shape index (κ3) is 138. The van der Waals surface area contributed by atoms with Crippen molar-refractivity contribution in [2.45, 2.75) is 0 Å². The summed E-state index contributed by atoms with van der Waals surface area (Å²) in [7, 11) is 0. The molecule has 0 unspecified atom stereocenters. The zero-order valence-electron chi connectivity index (χ0n) is 6.10. The van der Waals surface area contributed by atoms with Crippen LogP contribution in [0.15, 0.2) is 0 Å². The van der Waals surface area contributed by atoms with Crippen LogP contribution in [0.3, 0.4) is 0 Å². The van der Waals surface area contributed by atoms with E-state index in [0.717, 1.165) is 0 Å². The van der Waals surface area contributed by atoms with Gasteiger partial charge in [0.2, 0.25) is 0 Å². The van der Waals surface area contributed by atoms with Gasteiger partial charge in [0.05, 0.1) is 0 Å². The fourth-order valence-corrected chi connectivity index (χ4v) is 0. The first kappa shape index (κ1) is 208. The van der Waals surface area contributed by atoms with Gasteiger partial charge in [0, 0.05) is 139 Å². The molecule has 0 atom stereocenters. The maximum absolute atomic E-state index is 0. The van der Waals surface area contributed by atoms with E-state index >= 15 is 0 Å². The van der Waals surface area contributed by atoms with Crippen molar-refractivity contribution in [1.29, 1.82) is 0 Å². The molecule has 0 fully saturated rings. The Balaban J connectivity index is 0. The molecule has 12 heteroatoms. The van der Waals surface area contributed by atoms with Gasteiger partial charge in [0.25, 0.3) is 0 Å². The van der Waals surface area contributed by atoms with Crippen molar-refractivity contribution in [3.8, 4) is 0 Å². The average molecular weight is 1010 g/mol. The molecule has 98 valence electrons. The molecule has 0 saturated carbocycles. The van der Waals surface area contributed by atoms with Gasteiger partial charge in [-0.15, -0.1) is 0 Å². The van der Waals surface area contributed by atoms with Crippen molar-refractivity contribution in [2.24, 2.45) is 0 Å². The van der Waals surface area contributed by atoms with Gasteiger partial charge in [-0.05, 0) is 0 Å². The Hall–Kier alpha value is 4.27. The predicted molar refractivity (Wildman–Crippen MR) is 25.1 cm³/mol. The summed E-state index contributed by atoms with van der Waals surface area (Å²) in [5.41, 5.74) is 0. The molecule has 0 bridgehead atoms. The van der Waals surface area contributed by atoms with Crippen LogP contribution < -0.4 is 30.8 Å². The van der Waals surface area contributed by atoms with Crippen LogP contribution in [0.1, 0.15) is 0 Å². The molecule has 0 spiro atoms. The number of hydrogen-bond acceptors (Lipinski definition) is 5. The molecule has 0 amide bonds. The Morgan fingerprint density at radius 3 is 0.333 bits per heavy atom. The Kier molecular flexibility index (Phi) is 2960. The summed E-state index contributed by atoms with van der Waals surface area (Å²) >= 11 is 0. The van der Waals surface area contributed by atoms with Crippen LogP contribution >= 0.6 is 0 Å². The summed E-state index contributed by atoms with van der Waals surface area (Å²) in [5.74, 6) is 0. The summed E-state index contributed by atoms with van der Waals surface area (Å²) in [6, 6.07) is 0. The Bertz CT molecular complexity index is 21.9. The van der Waals surface area contributed by atoms with E-state index in [4.69, 9.17) is 0 Å². The van der Waals surface area contributed by atoms with Gasteiger partial charge < -0.3 is 30.8 Å². The quantitative estimate of drug-likeness (QED) is 0.226. The average Bonchev–Trinajstić information content (AvgIpc) is 0. The maximum atomic E-state index is 0. The smallest absolute Gasteiger partial charge is 0 e. The standard InChI is InChI=1S/3Cu.5H3N.Pt.3Ta/h;;;5*1H3;;;;. The van der Waals surface area contributed by atoms with E-state index in [9.17, 15) is 0 Å². The van der Waals surface area contributed by atoms with Crippen molar-refractivity contribution >= 4 is 0 Å². The van der Waals surface area contributed by atoms with Crippen LogP contribution in [0.2, 0.25) is 0 Å². The fourth-order valence-electron chi connectivity index (χ4n) is 0. The first-order valence-corrected chi connectivity index (χ1v) is 0. The Morgan fingerprint density at radius 2 is 0.333 bits per heavy atom. The van der Waals surface area contributed by atoms with Gasteiger partial charge in [-0.1, -0.05) is 0 Å². The summed E-state index contributed by atoms with van der Waals surface area (Å²) in [6.07, 6.45) is 0. The molecule has 0 aromatic heterocycles. The number of hydrogen-bond donors (Lipinski definition) is 5. The monoisotopic (exact) mass is 1010 g/mol. The van der Waals surface area contributed by atoms with E-state index in [-0.39, 0.29) is 170 Å². The second-order valence-corrected chi connectivity index (χ2v) is 0. The molecule has 5 nitrogen and oxygen atoms in total. The van der Waals surface area contributed by atoms with Crippen molar-refractivity contribution in [1.82, 2.24) is 30.8 Å². The number of rotatable bonds is 0. The van der Waals surface area contributed by atoms with E-state index in [2.05, 4.69) is 0 Å². The Labute approximate surface area is 167 Å². The zero-order chi connectivity index (χ0) is 0. The minimum atomic E-state index is 0. The first-order chi connectivity index (χ1) is 0. The van der Waals surface area contributed by atoms with Gasteiger partial charge in [-0.25, -0.2) is 0 Å². The third-order valence-electron chi connectivity index (χ3n) is 0. The van der Waals surface area contributed by atoms with Crippen LogP contribution in [-0.2, 0) is 139 Å². The van der Waals surface area contributed by atoms with E-state index in [0.29, 0.717) is 0 Å². The Morgan fingerprint density at radius 1 is 0.333 bits per heavy atom. The van der Waals surface area contributed by atoms with Crippen molar-refractivity contribution < 1.29 is 139 Å². The molecule has 15 N–H and O–H groups in total. The molecule has 0 aromatic rings. The summed E-state index contributed by atoms with van der Waals surface area (Å²) < 4.78 is 0. The van der Waals surface area contributed by atoms with E-state index in [1.54, 1.807) is 0 Å². The molecule has 0 aliphatic rings. The maximum Gasteiger partial charge on any atom is 0 e. The van der Waals surface area contributed by atoms with Crippen LogP contribution in [-0.4, -0.2) is 0 Å². The normalized spacial score (nSPS) is 0. The molecule has 0 aliphatic heterocycles. The predicted octanol–water partition coefficient (Wildman–Crippen LogP) is 0.792. The van der Waals surface area contributed by atoms with Crippen LogP contribution in [0, 0.1) is 0 Å². The minimum absolute atomic E-state index is 0. The first-order valence-electron chi connectivity index (χ1n) is 0. The van der Waals surface area contributed by atoms with Crippen molar-refractivity contribution in [2.75, 3.05) is 0 Å². The van der Waals surface area contributed by atoms with Gasteiger partial charge in [-0.2, -0.15) is 0 Å². The fraction of sp³-hybridized carbons (Fsp3) is 0. The topological polar surface area (TPSA) is 175 Å². The third-order valence-corrected chi connectivity index (χ3v) is 0. The molecule has 0 saturated heterocycles. The molecule has 0 aromatic carbocycles. The van der Waals surface area contributed by atoms with Crippen molar-refractivity contribution in [3.05, 3.63) is 0 Å². The van der Waals surface area contributed by atoms with Gasteiger partial charge in [0.1, 0.15) is 0 Å². The molecule has 0 rings (SSSR count). The summed E-state index contributed by atoms with van der Waals surface area (Å²) in [6.45, 7) is 0. The second-order valence-electron chi connectivity index (χ2n) is 0. The van der Waals surface area contributed by atoms with Gasteiger partial charge >= 0.3 is 0 Å². The van der Waals surface area contributed by atoms with Crippen molar-refractivity contribution in [3.63, 3.8) is 0 Å². The molecular formula is H15Cu3N5PtTa3. The summed E-state index contributed by atoms with van der Waals surface area (Å²) in [5, 5.41) is 0. The van der Waals surface area contributed by atoms with Crippen LogP contribution in [0.5, 0.6) is 0 Å². The molecule has 0 aliphatic carbocycles. The molecule has 6 radical (unpaired) electrons. The van der Waals surface area contributed by atoms with Crippen LogP contribution in [0.4, 0.5) is 0 Å². The minimum Gasteiger partial charge on any atom is -0.344 e. The molecular weight excluding hydrogens is 999 g/mol. The molecule has 0 heterocycles. The largest absolute Gasteiger partial charge is 0.344 e. The van der Waals surface area contributed by atoms with Gasteiger partial charge in [-0.3, -0.25) is 0 Å². The SMILES string of the molecule is N.N.N.N.N.[Cu].[Cu].[Cu].[Pt].[Ta].[Ta].[Ta]. The van der Waals surface area contributed by atoms with E-state index in [1.165, 1.54) is 0 Å². The second kappa shape index (κ2) is 171. The zero-order valence-corrected chi connectivity index (χ0v) is 20.8. The van der Waals surface area contributed by atoms with Gasteiger partial charge in [0.15, 0.2) is 0 Å². The summed E-state index contributed by atoms with van der Waals surface area (Å²) in [4.78, 5) is 0.